The Hall–Kier alpha value is -2.11. The topological polar surface area (TPSA) is 48.5 Å². The summed E-state index contributed by atoms with van der Waals surface area (Å²) in [5.74, 6) is 1.78. The summed E-state index contributed by atoms with van der Waals surface area (Å²) in [7, 11) is 0. The van der Waals surface area contributed by atoms with Gasteiger partial charge in [-0.25, -0.2) is 4.98 Å². The molecule has 1 aliphatic carbocycles. The number of amides is 1. The van der Waals surface area contributed by atoms with E-state index in [4.69, 9.17) is 11.6 Å². The van der Waals surface area contributed by atoms with Gasteiger partial charge in [-0.15, -0.1) is 11.6 Å². The Morgan fingerprint density at radius 3 is 2.47 bits per heavy atom. The molecule has 0 bridgehead atoms. The van der Waals surface area contributed by atoms with Crippen LogP contribution in [-0.2, 0) is 4.79 Å². The number of anilines is 1. The number of benzene rings is 1. The van der Waals surface area contributed by atoms with E-state index in [1.807, 2.05) is 18.3 Å². The highest BCUT2D eigenvalue weighted by molar-refractivity contribution is 6.20. The van der Waals surface area contributed by atoms with Crippen LogP contribution in [0.3, 0.4) is 0 Å². The molecule has 3 aliphatic rings. The molecule has 1 N–H and O–H groups in total. The van der Waals surface area contributed by atoms with E-state index in [1.165, 1.54) is 5.56 Å². The zero-order valence-electron chi connectivity index (χ0n) is 17.2. The summed E-state index contributed by atoms with van der Waals surface area (Å²) in [5.41, 5.74) is 1.27. The van der Waals surface area contributed by atoms with Crippen LogP contribution in [0.5, 0.6) is 0 Å². The van der Waals surface area contributed by atoms with E-state index in [2.05, 4.69) is 56.5 Å². The molecule has 3 heterocycles. The maximum absolute atomic E-state index is 13.4. The molecule has 0 radical (unpaired) electrons. The molecule has 3 fully saturated rings. The monoisotopic (exact) mass is 424 g/mol. The number of piperidine rings is 1. The summed E-state index contributed by atoms with van der Waals surface area (Å²) in [5, 5.41) is 3.57. The zero-order valence-corrected chi connectivity index (χ0v) is 17.9. The van der Waals surface area contributed by atoms with Gasteiger partial charge >= 0.3 is 0 Å². The Labute approximate surface area is 183 Å². The number of nitrogens with one attached hydrogen (secondary N) is 1. The van der Waals surface area contributed by atoms with Gasteiger partial charge in [0.25, 0.3) is 0 Å². The summed E-state index contributed by atoms with van der Waals surface area (Å²) in [6, 6.07) is 16.7. The number of hydrogen-bond donors (Lipinski definition) is 1. The minimum Gasteiger partial charge on any atom is -0.354 e. The van der Waals surface area contributed by atoms with E-state index in [9.17, 15) is 4.79 Å². The Bertz CT molecular complexity index is 856. The summed E-state index contributed by atoms with van der Waals surface area (Å²) in [6.07, 6.45) is 4.77. The van der Waals surface area contributed by atoms with Crippen molar-refractivity contribution in [2.24, 2.45) is 5.92 Å². The lowest BCUT2D eigenvalue weighted by atomic mass is 9.67. The van der Waals surface area contributed by atoms with Crippen molar-refractivity contribution < 1.29 is 4.79 Å². The number of piperazine rings is 1. The normalized spacial score (nSPS) is 32.4. The number of hydrogen-bond acceptors (Lipinski definition) is 4. The van der Waals surface area contributed by atoms with Crippen molar-refractivity contribution in [1.82, 2.24) is 15.2 Å². The van der Waals surface area contributed by atoms with Crippen molar-refractivity contribution in [2.45, 2.75) is 42.6 Å². The number of carbonyl (C=O) groups is 1. The predicted octanol–water partition coefficient (Wildman–Crippen LogP) is 3.26. The molecule has 1 aromatic carbocycles. The molecule has 0 spiro atoms. The molecule has 2 aromatic rings. The molecular weight excluding hydrogens is 396 g/mol. The van der Waals surface area contributed by atoms with Gasteiger partial charge in [0.15, 0.2) is 0 Å². The Balaban J connectivity index is 1.40. The molecule has 1 amide bonds. The van der Waals surface area contributed by atoms with Gasteiger partial charge in [0, 0.05) is 49.7 Å². The van der Waals surface area contributed by atoms with Gasteiger partial charge < -0.3 is 10.2 Å². The SMILES string of the molecule is O=C1NC2CCC(Cl)CC2C(c2ccccc2)C1N1CCN(c2ccccn2)CC1. The number of aromatic nitrogens is 1. The van der Waals surface area contributed by atoms with Crippen LogP contribution in [0.1, 0.15) is 30.7 Å². The van der Waals surface area contributed by atoms with Crippen LogP contribution in [0.4, 0.5) is 5.82 Å². The van der Waals surface area contributed by atoms with Crippen LogP contribution in [0.25, 0.3) is 0 Å². The molecule has 30 heavy (non-hydrogen) atoms. The molecular formula is C24H29ClN4O. The number of halogens is 1. The molecule has 1 saturated carbocycles. The Kier molecular flexibility index (Phi) is 5.66. The van der Waals surface area contributed by atoms with E-state index in [1.54, 1.807) is 0 Å². The predicted molar refractivity (Wildman–Crippen MR) is 120 cm³/mol. The maximum Gasteiger partial charge on any atom is 0.238 e. The average Bonchev–Trinajstić information content (AvgIpc) is 2.80. The largest absolute Gasteiger partial charge is 0.354 e. The average molecular weight is 425 g/mol. The lowest BCUT2D eigenvalue weighted by Crippen LogP contribution is -2.65. The molecule has 1 aromatic heterocycles. The summed E-state index contributed by atoms with van der Waals surface area (Å²) >= 11 is 6.61. The highest BCUT2D eigenvalue weighted by Gasteiger charge is 2.49. The van der Waals surface area contributed by atoms with Gasteiger partial charge in [-0.2, -0.15) is 0 Å². The maximum atomic E-state index is 13.4. The third-order valence-corrected chi connectivity index (χ3v) is 7.50. The minimum atomic E-state index is -0.138. The first kappa shape index (κ1) is 19.8. The van der Waals surface area contributed by atoms with Crippen molar-refractivity contribution in [2.75, 3.05) is 31.1 Å². The quantitative estimate of drug-likeness (QED) is 0.768. The van der Waals surface area contributed by atoms with E-state index in [0.717, 1.165) is 51.3 Å². The number of nitrogens with zero attached hydrogens (tertiary/aromatic N) is 3. The van der Waals surface area contributed by atoms with Crippen LogP contribution in [0.2, 0.25) is 0 Å². The minimum absolute atomic E-state index is 0.138. The molecule has 2 saturated heterocycles. The van der Waals surface area contributed by atoms with Gasteiger partial charge in [-0.05, 0) is 42.9 Å². The summed E-state index contributed by atoms with van der Waals surface area (Å²) < 4.78 is 0. The van der Waals surface area contributed by atoms with Crippen molar-refractivity contribution >= 4 is 23.3 Å². The summed E-state index contributed by atoms with van der Waals surface area (Å²) in [4.78, 5) is 22.5. The second-order valence-corrected chi connectivity index (χ2v) is 9.40. The zero-order chi connectivity index (χ0) is 20.5. The van der Waals surface area contributed by atoms with Gasteiger partial charge in [0.2, 0.25) is 5.91 Å². The van der Waals surface area contributed by atoms with E-state index in [0.29, 0.717) is 5.92 Å². The molecule has 5 nitrogen and oxygen atoms in total. The highest BCUT2D eigenvalue weighted by Crippen LogP contribution is 2.44. The smallest absolute Gasteiger partial charge is 0.238 e. The molecule has 5 atom stereocenters. The van der Waals surface area contributed by atoms with Crippen LogP contribution >= 0.6 is 11.6 Å². The number of fused-ring (bicyclic) bond motifs is 1. The first-order valence-electron chi connectivity index (χ1n) is 11.1. The fraction of sp³-hybridized carbons (Fsp3) is 0.500. The van der Waals surface area contributed by atoms with Gasteiger partial charge in [0.1, 0.15) is 5.82 Å². The second kappa shape index (κ2) is 8.56. The number of pyridine rings is 1. The van der Waals surface area contributed by atoms with E-state index >= 15 is 0 Å². The third kappa shape index (κ3) is 3.81. The van der Waals surface area contributed by atoms with Gasteiger partial charge in [-0.3, -0.25) is 9.69 Å². The third-order valence-electron chi connectivity index (χ3n) is 7.10. The first-order valence-corrected chi connectivity index (χ1v) is 11.5. The number of rotatable bonds is 3. The molecule has 5 unspecified atom stereocenters. The second-order valence-electron chi connectivity index (χ2n) is 8.78. The Morgan fingerprint density at radius 2 is 1.73 bits per heavy atom. The Morgan fingerprint density at radius 1 is 0.967 bits per heavy atom. The summed E-state index contributed by atoms with van der Waals surface area (Å²) in [6.45, 7) is 3.49. The number of alkyl halides is 1. The molecule has 6 heteroatoms. The lowest BCUT2D eigenvalue weighted by Gasteiger charge is -2.51. The van der Waals surface area contributed by atoms with Crippen molar-refractivity contribution in [1.29, 1.82) is 0 Å². The highest BCUT2D eigenvalue weighted by atomic mass is 35.5. The fourth-order valence-corrected chi connectivity index (χ4v) is 5.99. The lowest BCUT2D eigenvalue weighted by molar-refractivity contribution is -0.133. The van der Waals surface area contributed by atoms with Crippen LogP contribution in [0, 0.1) is 5.92 Å². The van der Waals surface area contributed by atoms with Crippen molar-refractivity contribution in [3.63, 3.8) is 0 Å². The van der Waals surface area contributed by atoms with Crippen LogP contribution in [-0.4, -0.2) is 59.4 Å². The van der Waals surface area contributed by atoms with Crippen molar-refractivity contribution in [3.05, 3.63) is 60.3 Å². The number of carbonyl (C=O) groups excluding carboxylic acids is 1. The first-order chi connectivity index (χ1) is 14.7. The van der Waals surface area contributed by atoms with Crippen LogP contribution < -0.4 is 10.2 Å². The fourth-order valence-electron chi connectivity index (χ4n) is 5.66. The van der Waals surface area contributed by atoms with Crippen LogP contribution in [0.15, 0.2) is 54.7 Å². The van der Waals surface area contributed by atoms with E-state index < -0.39 is 0 Å². The van der Waals surface area contributed by atoms with Gasteiger partial charge in [0.05, 0.1) is 6.04 Å². The standard InChI is InChI=1S/C24H29ClN4O/c25-18-9-10-20-19(16-18)22(17-6-2-1-3-7-17)23(24(30)27-20)29-14-12-28(13-15-29)21-8-4-5-11-26-21/h1-8,11,18-20,22-23H,9-10,12-16H2,(H,27,30). The molecule has 2 aliphatic heterocycles. The van der Waals surface area contributed by atoms with E-state index in [-0.39, 0.29) is 29.3 Å². The van der Waals surface area contributed by atoms with Gasteiger partial charge in [-0.1, -0.05) is 36.4 Å². The molecule has 5 rings (SSSR count). The molecule has 158 valence electrons. The van der Waals surface area contributed by atoms with Crippen molar-refractivity contribution in [3.8, 4) is 0 Å².